The van der Waals surface area contributed by atoms with E-state index >= 15 is 0 Å². The van der Waals surface area contributed by atoms with Crippen LogP contribution in [0.15, 0.2) is 36.5 Å². The molecule has 0 aliphatic heterocycles. The maximum absolute atomic E-state index is 11.7. The summed E-state index contributed by atoms with van der Waals surface area (Å²) in [5, 5.41) is 14.6. The van der Waals surface area contributed by atoms with Crippen LogP contribution in [0.1, 0.15) is 19.5 Å². The zero-order valence-corrected chi connectivity index (χ0v) is 12.6. The first kappa shape index (κ1) is 15.2. The Morgan fingerprint density at radius 3 is 2.67 bits per heavy atom. The van der Waals surface area contributed by atoms with Crippen LogP contribution < -0.4 is 10.6 Å². The fourth-order valence-corrected chi connectivity index (χ4v) is 1.98. The molecule has 112 valence electrons. The number of hydrogen-bond donors (Lipinski definition) is 2. The maximum Gasteiger partial charge on any atom is 0.226 e. The van der Waals surface area contributed by atoms with E-state index in [2.05, 4.69) is 20.8 Å². The van der Waals surface area contributed by atoms with Gasteiger partial charge in [0.15, 0.2) is 0 Å². The highest BCUT2D eigenvalue weighted by Gasteiger charge is 2.25. The molecule has 0 spiro atoms. The van der Waals surface area contributed by atoms with Crippen LogP contribution in [0.25, 0.3) is 5.69 Å². The molecule has 1 aromatic carbocycles. The molecule has 0 fully saturated rings. The third-order valence-electron chi connectivity index (χ3n) is 3.24. The SMILES string of the molecule is CNC(=O)C(C)(C)CNCc1cnn(-c2ccccc2)n1. The van der Waals surface area contributed by atoms with Gasteiger partial charge in [-0.15, -0.1) is 0 Å². The molecule has 2 rings (SSSR count). The fourth-order valence-electron chi connectivity index (χ4n) is 1.98. The summed E-state index contributed by atoms with van der Waals surface area (Å²) in [5.41, 5.74) is 1.31. The minimum atomic E-state index is -0.454. The molecule has 0 radical (unpaired) electrons. The molecule has 0 atom stereocenters. The molecule has 0 saturated heterocycles. The second-order valence-electron chi connectivity index (χ2n) is 5.53. The van der Waals surface area contributed by atoms with Crippen molar-refractivity contribution in [2.24, 2.45) is 5.41 Å². The van der Waals surface area contributed by atoms with E-state index in [-0.39, 0.29) is 5.91 Å². The van der Waals surface area contributed by atoms with Crippen LogP contribution in [0.2, 0.25) is 0 Å². The summed E-state index contributed by atoms with van der Waals surface area (Å²) >= 11 is 0. The number of rotatable bonds is 6. The number of carbonyl (C=O) groups excluding carboxylic acids is 1. The van der Waals surface area contributed by atoms with Crippen LogP contribution in [0.5, 0.6) is 0 Å². The number of carbonyl (C=O) groups is 1. The first-order chi connectivity index (χ1) is 10.0. The van der Waals surface area contributed by atoms with E-state index in [1.54, 1.807) is 18.0 Å². The van der Waals surface area contributed by atoms with Crippen molar-refractivity contribution in [2.45, 2.75) is 20.4 Å². The van der Waals surface area contributed by atoms with Crippen molar-refractivity contribution in [3.63, 3.8) is 0 Å². The van der Waals surface area contributed by atoms with Crippen molar-refractivity contribution in [3.05, 3.63) is 42.2 Å². The molecule has 0 unspecified atom stereocenters. The van der Waals surface area contributed by atoms with Crippen LogP contribution in [-0.2, 0) is 11.3 Å². The van der Waals surface area contributed by atoms with Gasteiger partial charge >= 0.3 is 0 Å². The fraction of sp³-hybridized carbons (Fsp3) is 0.400. The highest BCUT2D eigenvalue weighted by molar-refractivity contribution is 5.81. The average molecular weight is 287 g/mol. The summed E-state index contributed by atoms with van der Waals surface area (Å²) in [5.74, 6) is 0.0166. The van der Waals surface area contributed by atoms with Gasteiger partial charge in [-0.3, -0.25) is 4.79 Å². The van der Waals surface area contributed by atoms with E-state index in [1.807, 2.05) is 44.2 Å². The molecule has 0 bridgehead atoms. The van der Waals surface area contributed by atoms with Crippen LogP contribution in [0, 0.1) is 5.41 Å². The van der Waals surface area contributed by atoms with Gasteiger partial charge < -0.3 is 10.6 Å². The van der Waals surface area contributed by atoms with Gasteiger partial charge in [-0.25, -0.2) is 0 Å². The minimum absolute atomic E-state index is 0.0166. The summed E-state index contributed by atoms with van der Waals surface area (Å²) in [4.78, 5) is 13.3. The highest BCUT2D eigenvalue weighted by Crippen LogP contribution is 2.13. The summed E-state index contributed by atoms with van der Waals surface area (Å²) < 4.78 is 0. The molecule has 21 heavy (non-hydrogen) atoms. The second kappa shape index (κ2) is 6.49. The normalized spacial score (nSPS) is 11.4. The smallest absolute Gasteiger partial charge is 0.226 e. The van der Waals surface area contributed by atoms with E-state index in [4.69, 9.17) is 0 Å². The maximum atomic E-state index is 11.7. The zero-order valence-electron chi connectivity index (χ0n) is 12.6. The van der Waals surface area contributed by atoms with Crippen molar-refractivity contribution in [3.8, 4) is 5.69 Å². The van der Waals surface area contributed by atoms with Gasteiger partial charge in [-0.2, -0.15) is 15.0 Å². The highest BCUT2D eigenvalue weighted by atomic mass is 16.2. The van der Waals surface area contributed by atoms with E-state index in [9.17, 15) is 4.79 Å². The topological polar surface area (TPSA) is 71.8 Å². The number of aromatic nitrogens is 3. The van der Waals surface area contributed by atoms with Gasteiger partial charge in [0.1, 0.15) is 0 Å². The summed E-state index contributed by atoms with van der Waals surface area (Å²) in [7, 11) is 1.65. The Kier molecular flexibility index (Phi) is 4.70. The van der Waals surface area contributed by atoms with Crippen LogP contribution in [0.3, 0.4) is 0 Å². The summed E-state index contributed by atoms with van der Waals surface area (Å²) in [6.07, 6.45) is 1.73. The molecule has 1 aromatic heterocycles. The number of amides is 1. The van der Waals surface area contributed by atoms with Gasteiger partial charge in [-0.1, -0.05) is 18.2 Å². The molecule has 0 aliphatic rings. The quantitative estimate of drug-likeness (QED) is 0.835. The monoisotopic (exact) mass is 287 g/mol. The Labute approximate surface area is 124 Å². The lowest BCUT2D eigenvalue weighted by molar-refractivity contribution is -0.128. The lowest BCUT2D eigenvalue weighted by Crippen LogP contribution is -2.41. The summed E-state index contributed by atoms with van der Waals surface area (Å²) in [6, 6.07) is 9.75. The molecular weight excluding hydrogens is 266 g/mol. The van der Waals surface area contributed by atoms with Gasteiger partial charge in [-0.05, 0) is 26.0 Å². The molecule has 1 heterocycles. The number of para-hydroxylation sites is 1. The van der Waals surface area contributed by atoms with Crippen molar-refractivity contribution in [2.75, 3.05) is 13.6 Å². The van der Waals surface area contributed by atoms with Crippen LogP contribution in [0.4, 0.5) is 0 Å². The molecule has 1 amide bonds. The second-order valence-corrected chi connectivity index (χ2v) is 5.53. The minimum Gasteiger partial charge on any atom is -0.359 e. The van der Waals surface area contributed by atoms with Crippen molar-refractivity contribution in [1.29, 1.82) is 0 Å². The third kappa shape index (κ3) is 3.88. The predicted molar refractivity (Wildman–Crippen MR) is 80.9 cm³/mol. The molecule has 2 aromatic rings. The molecule has 6 nitrogen and oxygen atoms in total. The van der Waals surface area contributed by atoms with E-state index < -0.39 is 5.41 Å². The standard InChI is InChI=1S/C15H21N5O/c1-15(2,14(21)16-3)11-17-9-12-10-18-20(19-12)13-7-5-4-6-8-13/h4-8,10,17H,9,11H2,1-3H3,(H,16,21). The predicted octanol–water partition coefficient (Wildman–Crippen LogP) is 1.13. The Balaban J connectivity index is 1.91. The van der Waals surface area contributed by atoms with E-state index in [0.717, 1.165) is 11.4 Å². The Morgan fingerprint density at radius 2 is 2.00 bits per heavy atom. The number of nitrogens with one attached hydrogen (secondary N) is 2. The molecule has 0 aliphatic carbocycles. The number of nitrogens with zero attached hydrogens (tertiary/aromatic N) is 3. The summed E-state index contributed by atoms with van der Waals surface area (Å²) in [6.45, 7) is 4.96. The zero-order chi connectivity index (χ0) is 15.3. The van der Waals surface area contributed by atoms with Crippen molar-refractivity contribution < 1.29 is 4.79 Å². The number of hydrogen-bond acceptors (Lipinski definition) is 4. The van der Waals surface area contributed by atoms with Gasteiger partial charge in [0.05, 0.1) is 23.0 Å². The first-order valence-electron chi connectivity index (χ1n) is 6.92. The third-order valence-corrected chi connectivity index (χ3v) is 3.24. The molecule has 2 N–H and O–H groups in total. The molecule has 6 heteroatoms. The van der Waals surface area contributed by atoms with Crippen LogP contribution in [-0.4, -0.2) is 34.5 Å². The Morgan fingerprint density at radius 1 is 1.29 bits per heavy atom. The van der Waals surface area contributed by atoms with Crippen LogP contribution >= 0.6 is 0 Å². The molecular formula is C15H21N5O. The first-order valence-corrected chi connectivity index (χ1v) is 6.92. The molecule has 0 saturated carbocycles. The lowest BCUT2D eigenvalue weighted by atomic mass is 9.92. The Hall–Kier alpha value is -2.21. The van der Waals surface area contributed by atoms with Crippen molar-refractivity contribution in [1.82, 2.24) is 25.6 Å². The van der Waals surface area contributed by atoms with E-state index in [1.165, 1.54) is 0 Å². The van der Waals surface area contributed by atoms with E-state index in [0.29, 0.717) is 13.1 Å². The average Bonchev–Trinajstić information content (AvgIpc) is 2.96. The van der Waals surface area contributed by atoms with Gasteiger partial charge in [0, 0.05) is 20.1 Å². The Bertz CT molecular complexity index is 591. The van der Waals surface area contributed by atoms with Gasteiger partial charge in [0.25, 0.3) is 0 Å². The number of benzene rings is 1. The lowest BCUT2D eigenvalue weighted by Gasteiger charge is -2.22. The van der Waals surface area contributed by atoms with Gasteiger partial charge in [0.2, 0.25) is 5.91 Å². The largest absolute Gasteiger partial charge is 0.359 e. The van der Waals surface area contributed by atoms with Crippen molar-refractivity contribution >= 4 is 5.91 Å².